The van der Waals surface area contributed by atoms with Crippen LogP contribution in [0.15, 0.2) is 89.3 Å². The molecular formula is C28H28N4O3. The van der Waals surface area contributed by atoms with E-state index in [0.717, 1.165) is 38.0 Å². The highest BCUT2D eigenvalue weighted by Crippen LogP contribution is 2.30. The van der Waals surface area contributed by atoms with Gasteiger partial charge in [-0.3, -0.25) is 9.69 Å². The summed E-state index contributed by atoms with van der Waals surface area (Å²) in [4.78, 5) is 15.0. The van der Waals surface area contributed by atoms with Gasteiger partial charge in [0.2, 0.25) is 5.89 Å². The molecule has 0 spiro atoms. The molecule has 1 N–H and O–H groups in total. The second kappa shape index (κ2) is 11.0. The summed E-state index contributed by atoms with van der Waals surface area (Å²) in [5.41, 5.74) is 2.82. The van der Waals surface area contributed by atoms with E-state index in [4.69, 9.17) is 9.15 Å². The largest absolute Gasteiger partial charge is 0.483 e. The first-order valence-corrected chi connectivity index (χ1v) is 11.9. The summed E-state index contributed by atoms with van der Waals surface area (Å²) in [5.74, 6) is 1.19. The molecule has 4 aromatic rings. The van der Waals surface area contributed by atoms with Crippen molar-refractivity contribution in [2.75, 3.05) is 19.7 Å². The Morgan fingerprint density at radius 3 is 2.31 bits per heavy atom. The van der Waals surface area contributed by atoms with Gasteiger partial charge in [0.05, 0.1) is 5.56 Å². The molecule has 178 valence electrons. The topological polar surface area (TPSA) is 80.5 Å². The van der Waals surface area contributed by atoms with Gasteiger partial charge in [-0.1, -0.05) is 60.7 Å². The number of amides is 1. The zero-order valence-corrected chi connectivity index (χ0v) is 19.5. The average Bonchev–Trinajstić information content (AvgIpc) is 3.40. The molecule has 0 aliphatic carbocycles. The highest BCUT2D eigenvalue weighted by atomic mass is 16.5. The number of hydrogen-bond acceptors (Lipinski definition) is 6. The van der Waals surface area contributed by atoms with Crippen LogP contribution in [-0.4, -0.2) is 46.7 Å². The summed E-state index contributed by atoms with van der Waals surface area (Å²) >= 11 is 0. The van der Waals surface area contributed by atoms with Gasteiger partial charge in [-0.2, -0.15) is 0 Å². The second-order valence-corrected chi connectivity index (χ2v) is 8.67. The minimum absolute atomic E-state index is 0.0685. The number of nitrogens with zero attached hydrogens (tertiary/aromatic N) is 3. The Bertz CT molecular complexity index is 1240. The first-order chi connectivity index (χ1) is 17.2. The van der Waals surface area contributed by atoms with Crippen LogP contribution in [-0.2, 0) is 11.3 Å². The van der Waals surface area contributed by atoms with E-state index in [-0.39, 0.29) is 18.6 Å². The number of carbonyl (C=O) groups excluding carboxylic acids is 1. The number of likely N-dealkylation sites (tertiary alicyclic amines) is 1. The fourth-order valence-corrected chi connectivity index (χ4v) is 4.29. The van der Waals surface area contributed by atoms with Crippen LogP contribution in [0.2, 0.25) is 0 Å². The van der Waals surface area contributed by atoms with Crippen LogP contribution >= 0.6 is 0 Å². The highest BCUT2D eigenvalue weighted by Gasteiger charge is 2.21. The van der Waals surface area contributed by atoms with Gasteiger partial charge in [-0.15, -0.1) is 10.2 Å². The van der Waals surface area contributed by atoms with Gasteiger partial charge >= 0.3 is 0 Å². The number of piperidine rings is 1. The van der Waals surface area contributed by atoms with Crippen LogP contribution in [0.3, 0.4) is 0 Å². The monoisotopic (exact) mass is 468 g/mol. The van der Waals surface area contributed by atoms with Crippen molar-refractivity contribution in [2.24, 2.45) is 0 Å². The van der Waals surface area contributed by atoms with Crippen molar-refractivity contribution in [3.05, 3.63) is 90.5 Å². The van der Waals surface area contributed by atoms with E-state index < -0.39 is 0 Å². The lowest BCUT2D eigenvalue weighted by molar-refractivity contribution is -0.124. The van der Waals surface area contributed by atoms with Crippen LogP contribution in [0.1, 0.15) is 18.4 Å². The Morgan fingerprint density at radius 1 is 0.886 bits per heavy atom. The number of benzene rings is 3. The Labute approximate surface area is 204 Å². The molecule has 7 heteroatoms. The molecule has 0 atom stereocenters. The minimum Gasteiger partial charge on any atom is -0.483 e. The number of rotatable bonds is 8. The third-order valence-corrected chi connectivity index (χ3v) is 6.12. The molecular weight excluding hydrogens is 440 g/mol. The molecule has 0 unspecified atom stereocenters. The zero-order chi connectivity index (χ0) is 23.9. The van der Waals surface area contributed by atoms with Gasteiger partial charge in [0.15, 0.2) is 6.61 Å². The predicted molar refractivity (Wildman–Crippen MR) is 134 cm³/mol. The lowest BCUT2D eigenvalue weighted by Crippen LogP contribution is -2.45. The Hall–Kier alpha value is -3.97. The fourth-order valence-electron chi connectivity index (χ4n) is 4.29. The molecule has 7 nitrogen and oxygen atoms in total. The van der Waals surface area contributed by atoms with Gasteiger partial charge in [0, 0.05) is 31.2 Å². The molecule has 2 heterocycles. The van der Waals surface area contributed by atoms with Gasteiger partial charge in [-0.05, 0) is 42.7 Å². The minimum atomic E-state index is -0.128. The quantitative estimate of drug-likeness (QED) is 0.408. The molecule has 1 aliphatic heterocycles. The number of ether oxygens (including phenoxy) is 1. The molecule has 0 radical (unpaired) electrons. The highest BCUT2D eigenvalue weighted by molar-refractivity contribution is 5.78. The van der Waals surface area contributed by atoms with E-state index in [1.807, 2.05) is 54.6 Å². The van der Waals surface area contributed by atoms with Crippen LogP contribution in [0.4, 0.5) is 0 Å². The summed E-state index contributed by atoms with van der Waals surface area (Å²) in [6.45, 7) is 2.80. The molecule has 1 fully saturated rings. The Balaban J connectivity index is 1.13. The van der Waals surface area contributed by atoms with Crippen molar-refractivity contribution in [3.63, 3.8) is 0 Å². The van der Waals surface area contributed by atoms with Crippen molar-refractivity contribution in [1.29, 1.82) is 0 Å². The maximum absolute atomic E-state index is 12.6. The number of nitrogens with one attached hydrogen (secondary N) is 1. The fraction of sp³-hybridized carbons (Fsp3) is 0.250. The van der Waals surface area contributed by atoms with Crippen molar-refractivity contribution >= 4 is 5.91 Å². The maximum Gasteiger partial charge on any atom is 0.258 e. The number of aromatic nitrogens is 2. The van der Waals surface area contributed by atoms with Crippen molar-refractivity contribution in [2.45, 2.75) is 25.4 Å². The number of carbonyl (C=O) groups is 1. The molecule has 1 aromatic heterocycles. The summed E-state index contributed by atoms with van der Waals surface area (Å²) in [6, 6.07) is 27.6. The lowest BCUT2D eigenvalue weighted by atomic mass is 10.0. The first-order valence-electron chi connectivity index (χ1n) is 11.9. The molecule has 1 saturated heterocycles. The first kappa shape index (κ1) is 22.8. The third kappa shape index (κ3) is 5.94. The van der Waals surface area contributed by atoms with Gasteiger partial charge < -0.3 is 14.5 Å². The normalized spacial score (nSPS) is 14.5. The summed E-state index contributed by atoms with van der Waals surface area (Å²) in [6.07, 6.45) is 1.86. The zero-order valence-electron chi connectivity index (χ0n) is 19.5. The van der Waals surface area contributed by atoms with E-state index in [9.17, 15) is 4.79 Å². The predicted octanol–water partition coefficient (Wildman–Crippen LogP) is 4.56. The number of hydrogen-bond donors (Lipinski definition) is 1. The Morgan fingerprint density at radius 2 is 1.54 bits per heavy atom. The SMILES string of the molecule is O=C(COc1ccccc1-c1nnc(-c2ccccc2)o1)NC1CCN(Cc2ccccc2)CC1. The van der Waals surface area contributed by atoms with Crippen LogP contribution in [0.5, 0.6) is 5.75 Å². The van der Waals surface area contributed by atoms with Gasteiger partial charge in [0.25, 0.3) is 11.8 Å². The maximum atomic E-state index is 12.6. The third-order valence-electron chi connectivity index (χ3n) is 6.12. The lowest BCUT2D eigenvalue weighted by Gasteiger charge is -2.32. The van der Waals surface area contributed by atoms with Crippen molar-refractivity contribution in [3.8, 4) is 28.7 Å². The summed E-state index contributed by atoms with van der Waals surface area (Å²) in [7, 11) is 0. The van der Waals surface area contributed by atoms with Crippen LogP contribution in [0.25, 0.3) is 22.9 Å². The smallest absolute Gasteiger partial charge is 0.258 e. The standard InChI is InChI=1S/C28H28N4O3/c33-26(29-23-15-17-32(18-16-23)19-21-9-3-1-4-10-21)20-34-25-14-8-7-13-24(25)28-31-30-27(35-28)22-11-5-2-6-12-22/h1-14,23H,15-20H2,(H,29,33). The molecule has 0 saturated carbocycles. The molecule has 0 bridgehead atoms. The summed E-state index contributed by atoms with van der Waals surface area (Å²) in [5, 5.41) is 11.4. The van der Waals surface area contributed by atoms with Gasteiger partial charge in [0.1, 0.15) is 5.75 Å². The van der Waals surface area contributed by atoms with E-state index in [2.05, 4.69) is 44.7 Å². The molecule has 3 aromatic carbocycles. The molecule has 1 amide bonds. The van der Waals surface area contributed by atoms with Crippen LogP contribution < -0.4 is 10.1 Å². The van der Waals surface area contributed by atoms with Crippen LogP contribution in [0, 0.1) is 0 Å². The molecule has 1 aliphatic rings. The van der Waals surface area contributed by atoms with E-state index in [1.54, 1.807) is 6.07 Å². The average molecular weight is 469 g/mol. The van der Waals surface area contributed by atoms with Crippen molar-refractivity contribution < 1.29 is 13.9 Å². The Kier molecular flexibility index (Phi) is 7.15. The molecule has 35 heavy (non-hydrogen) atoms. The van der Waals surface area contributed by atoms with E-state index >= 15 is 0 Å². The van der Waals surface area contributed by atoms with E-state index in [0.29, 0.717) is 23.1 Å². The van der Waals surface area contributed by atoms with Crippen molar-refractivity contribution in [1.82, 2.24) is 20.4 Å². The van der Waals surface area contributed by atoms with E-state index in [1.165, 1.54) is 5.56 Å². The van der Waals surface area contributed by atoms with Gasteiger partial charge in [-0.25, -0.2) is 0 Å². The number of para-hydroxylation sites is 1. The summed E-state index contributed by atoms with van der Waals surface area (Å²) < 4.78 is 11.7. The second-order valence-electron chi connectivity index (χ2n) is 8.67. The molecule has 5 rings (SSSR count).